The number of carbonyl (C=O) groups excluding carboxylic acids is 3. The van der Waals surface area contributed by atoms with Gasteiger partial charge in [0.05, 0.1) is 25.2 Å². The molecule has 0 aliphatic heterocycles. The highest BCUT2D eigenvalue weighted by Crippen LogP contribution is 2.33. The van der Waals surface area contributed by atoms with Crippen LogP contribution in [0.2, 0.25) is 0 Å². The van der Waals surface area contributed by atoms with Crippen molar-refractivity contribution in [3.8, 4) is 0 Å². The van der Waals surface area contributed by atoms with Gasteiger partial charge in [0.15, 0.2) is 6.61 Å². The van der Waals surface area contributed by atoms with E-state index in [1.165, 1.54) is 22.9 Å². The Morgan fingerprint density at radius 1 is 1.17 bits per heavy atom. The van der Waals surface area contributed by atoms with Crippen molar-refractivity contribution in [1.82, 2.24) is 14.9 Å². The minimum atomic E-state index is -0.901. The number of benzene rings is 1. The van der Waals surface area contributed by atoms with E-state index in [2.05, 4.69) is 10.3 Å². The molecule has 3 aromatic rings. The number of nitrogens with zero attached hydrogens (tertiary/aromatic N) is 2. The average Bonchev–Trinajstić information content (AvgIpc) is 3.26. The summed E-state index contributed by atoms with van der Waals surface area (Å²) in [4.78, 5) is 55.9. The number of nitrogens with one attached hydrogen (secondary N) is 1. The van der Waals surface area contributed by atoms with E-state index in [-0.39, 0.29) is 24.9 Å². The third-order valence-electron chi connectivity index (χ3n) is 5.97. The van der Waals surface area contributed by atoms with Gasteiger partial charge in [-0.15, -0.1) is 11.3 Å². The topological polar surface area (TPSA) is 117 Å². The Morgan fingerprint density at radius 2 is 1.94 bits per heavy atom. The SMILES string of the molecule is COC(=O)C(Cc1ccccc1)NC(=O)COC(=O)CCn1cnc2sc3c(c2c1=O)CCCC3. The number of aromatic nitrogens is 2. The Bertz CT molecular complexity index is 1280. The predicted molar refractivity (Wildman–Crippen MR) is 130 cm³/mol. The van der Waals surface area contributed by atoms with Crippen LogP contribution in [-0.2, 0) is 49.7 Å². The van der Waals surface area contributed by atoms with Crippen LogP contribution in [0.15, 0.2) is 41.5 Å². The molecule has 2 heterocycles. The molecule has 1 aromatic carbocycles. The van der Waals surface area contributed by atoms with Crippen molar-refractivity contribution >= 4 is 39.4 Å². The maximum Gasteiger partial charge on any atom is 0.328 e. The average molecular weight is 498 g/mol. The Kier molecular flexibility index (Phi) is 7.91. The van der Waals surface area contributed by atoms with E-state index in [0.29, 0.717) is 5.39 Å². The van der Waals surface area contributed by atoms with Gasteiger partial charge in [0.2, 0.25) is 0 Å². The van der Waals surface area contributed by atoms with Gasteiger partial charge < -0.3 is 14.8 Å². The lowest BCUT2D eigenvalue weighted by molar-refractivity contribution is -0.150. The first kappa shape index (κ1) is 24.6. The van der Waals surface area contributed by atoms with E-state index < -0.39 is 30.5 Å². The Hall–Kier alpha value is -3.53. The van der Waals surface area contributed by atoms with Gasteiger partial charge in [-0.05, 0) is 36.8 Å². The Morgan fingerprint density at radius 3 is 2.71 bits per heavy atom. The minimum Gasteiger partial charge on any atom is -0.467 e. The van der Waals surface area contributed by atoms with E-state index in [1.807, 2.05) is 30.3 Å². The van der Waals surface area contributed by atoms with Gasteiger partial charge in [0.25, 0.3) is 11.5 Å². The summed E-state index contributed by atoms with van der Waals surface area (Å²) in [6.45, 7) is -0.434. The van der Waals surface area contributed by atoms with Crippen molar-refractivity contribution in [2.75, 3.05) is 13.7 Å². The molecular formula is C25H27N3O6S. The summed E-state index contributed by atoms with van der Waals surface area (Å²) in [5, 5.41) is 3.21. The molecule has 0 saturated carbocycles. The molecule has 1 aliphatic carbocycles. The Labute approximate surface area is 206 Å². The molecule has 35 heavy (non-hydrogen) atoms. The molecule has 184 valence electrons. The highest BCUT2D eigenvalue weighted by molar-refractivity contribution is 7.18. The molecule has 9 nitrogen and oxygen atoms in total. The van der Waals surface area contributed by atoms with Crippen LogP contribution in [0.3, 0.4) is 0 Å². The fourth-order valence-corrected chi connectivity index (χ4v) is 5.41. The third-order valence-corrected chi connectivity index (χ3v) is 7.17. The van der Waals surface area contributed by atoms with E-state index in [4.69, 9.17) is 9.47 Å². The van der Waals surface area contributed by atoms with Crippen LogP contribution < -0.4 is 10.9 Å². The number of fused-ring (bicyclic) bond motifs is 3. The largest absolute Gasteiger partial charge is 0.467 e. The number of rotatable bonds is 9. The van der Waals surface area contributed by atoms with Crippen LogP contribution in [0.5, 0.6) is 0 Å². The normalized spacial score (nSPS) is 13.6. The molecule has 10 heteroatoms. The lowest BCUT2D eigenvalue weighted by atomic mass is 9.97. The number of methoxy groups -OCH3 is 1. The lowest BCUT2D eigenvalue weighted by Crippen LogP contribution is -2.44. The van der Waals surface area contributed by atoms with Gasteiger partial charge >= 0.3 is 11.9 Å². The van der Waals surface area contributed by atoms with E-state index in [9.17, 15) is 19.2 Å². The zero-order valence-corrected chi connectivity index (χ0v) is 20.3. The number of amides is 1. The summed E-state index contributed by atoms with van der Waals surface area (Å²) in [5.74, 6) is -1.83. The molecule has 1 atom stereocenters. The smallest absolute Gasteiger partial charge is 0.328 e. The number of hydrogen-bond acceptors (Lipinski definition) is 8. The van der Waals surface area contributed by atoms with Crippen LogP contribution in [0.25, 0.3) is 10.2 Å². The van der Waals surface area contributed by atoms with Crippen molar-refractivity contribution in [3.63, 3.8) is 0 Å². The summed E-state index contributed by atoms with van der Waals surface area (Å²) >= 11 is 1.57. The molecule has 0 fully saturated rings. The summed E-state index contributed by atoms with van der Waals surface area (Å²) in [6, 6.07) is 8.29. The van der Waals surface area contributed by atoms with Crippen molar-refractivity contribution in [1.29, 1.82) is 0 Å². The standard InChI is InChI=1S/C25H27N3O6S/c1-33-25(32)18(13-16-7-3-2-4-8-16)27-20(29)14-34-21(30)11-12-28-15-26-23-22(24(28)31)17-9-5-6-10-19(17)35-23/h2-4,7-8,15,18H,5-6,9-14H2,1H3,(H,27,29). The maximum atomic E-state index is 13.0. The first-order chi connectivity index (χ1) is 17.0. The quantitative estimate of drug-likeness (QED) is 0.450. The number of esters is 2. The minimum absolute atomic E-state index is 0.0862. The van der Waals surface area contributed by atoms with Gasteiger partial charge in [0.1, 0.15) is 10.9 Å². The molecule has 1 amide bonds. The molecule has 4 rings (SSSR count). The van der Waals surface area contributed by atoms with Crippen molar-refractivity contribution in [3.05, 3.63) is 63.0 Å². The molecule has 0 bridgehead atoms. The van der Waals surface area contributed by atoms with E-state index in [1.54, 1.807) is 11.3 Å². The number of hydrogen-bond donors (Lipinski definition) is 1. The highest BCUT2D eigenvalue weighted by atomic mass is 32.1. The summed E-state index contributed by atoms with van der Waals surface area (Å²) in [6.07, 6.45) is 5.66. The van der Waals surface area contributed by atoms with Gasteiger partial charge in [-0.1, -0.05) is 30.3 Å². The number of ether oxygens (including phenoxy) is 2. The third kappa shape index (κ3) is 5.94. The molecule has 2 aromatic heterocycles. The second-order valence-electron chi connectivity index (χ2n) is 8.38. The molecule has 0 radical (unpaired) electrons. The number of carbonyl (C=O) groups is 3. The van der Waals surface area contributed by atoms with Crippen LogP contribution in [0, 0.1) is 0 Å². The fourth-order valence-electron chi connectivity index (χ4n) is 4.19. The Balaban J connectivity index is 1.30. The molecule has 1 N–H and O–H groups in total. The fraction of sp³-hybridized carbons (Fsp3) is 0.400. The molecule has 0 spiro atoms. The first-order valence-corrected chi connectivity index (χ1v) is 12.3. The van der Waals surface area contributed by atoms with Gasteiger partial charge in [-0.2, -0.15) is 0 Å². The second-order valence-corrected chi connectivity index (χ2v) is 9.46. The predicted octanol–water partition coefficient (Wildman–Crippen LogP) is 2.17. The molecular weight excluding hydrogens is 470 g/mol. The summed E-state index contributed by atoms with van der Waals surface area (Å²) in [7, 11) is 1.24. The zero-order chi connectivity index (χ0) is 24.8. The van der Waals surface area contributed by atoms with Gasteiger partial charge in [-0.3, -0.25) is 19.0 Å². The van der Waals surface area contributed by atoms with Crippen molar-refractivity contribution < 1.29 is 23.9 Å². The maximum absolute atomic E-state index is 13.0. The van der Waals surface area contributed by atoms with Gasteiger partial charge in [-0.25, -0.2) is 9.78 Å². The zero-order valence-electron chi connectivity index (χ0n) is 19.5. The number of thiophene rings is 1. The monoisotopic (exact) mass is 497 g/mol. The van der Waals surface area contributed by atoms with Crippen LogP contribution in [0.4, 0.5) is 0 Å². The summed E-state index contributed by atoms with van der Waals surface area (Å²) in [5.41, 5.74) is 1.79. The van der Waals surface area contributed by atoms with Crippen LogP contribution in [0.1, 0.15) is 35.3 Å². The lowest BCUT2D eigenvalue weighted by Gasteiger charge is -2.16. The molecule has 0 saturated heterocycles. The number of aryl methyl sites for hydroxylation is 3. The van der Waals surface area contributed by atoms with Gasteiger partial charge in [0, 0.05) is 17.8 Å². The molecule has 1 aliphatic rings. The summed E-state index contributed by atoms with van der Waals surface area (Å²) < 4.78 is 11.2. The van der Waals surface area contributed by atoms with Crippen molar-refractivity contribution in [2.24, 2.45) is 0 Å². The molecule has 1 unspecified atom stereocenters. The van der Waals surface area contributed by atoms with Crippen LogP contribution in [-0.4, -0.2) is 47.2 Å². The van der Waals surface area contributed by atoms with E-state index in [0.717, 1.165) is 41.6 Å². The van der Waals surface area contributed by atoms with E-state index >= 15 is 0 Å². The first-order valence-electron chi connectivity index (χ1n) is 11.5. The van der Waals surface area contributed by atoms with Crippen LogP contribution >= 0.6 is 11.3 Å². The second kappa shape index (κ2) is 11.3. The highest BCUT2D eigenvalue weighted by Gasteiger charge is 2.23. The van der Waals surface area contributed by atoms with Crippen molar-refractivity contribution in [2.45, 2.75) is 51.1 Å².